The second-order valence-corrected chi connectivity index (χ2v) is 3.53. The summed E-state index contributed by atoms with van der Waals surface area (Å²) in [4.78, 5) is 14.8. The fourth-order valence-electron chi connectivity index (χ4n) is 1.19. The molecule has 0 bridgehead atoms. The number of rotatable bonds is 4. The van der Waals surface area contributed by atoms with Gasteiger partial charge in [-0.2, -0.15) is 5.10 Å². The zero-order chi connectivity index (χ0) is 12.8. The van der Waals surface area contributed by atoms with E-state index in [1.165, 1.54) is 11.6 Å². The van der Waals surface area contributed by atoms with E-state index in [1.807, 2.05) is 0 Å². The predicted molar refractivity (Wildman–Crippen MR) is 70.4 cm³/mol. The van der Waals surface area contributed by atoms with Gasteiger partial charge in [-0.15, -0.1) is 0 Å². The molecule has 1 aromatic heterocycles. The molecule has 0 unspecified atom stereocenters. The van der Waals surface area contributed by atoms with Gasteiger partial charge in [0.25, 0.3) is 0 Å². The molecule has 90 valence electrons. The molecule has 0 saturated carbocycles. The quantitative estimate of drug-likeness (QED) is 0.660. The Balaban J connectivity index is 3.10. The lowest BCUT2D eigenvalue weighted by Crippen LogP contribution is -2.05. The number of anilines is 1. The molecule has 17 heavy (non-hydrogen) atoms. The average molecular weight is 253 g/mol. The number of carbonyl (C=O) groups excluding carboxylic acids is 1. The van der Waals surface area contributed by atoms with Crippen molar-refractivity contribution in [3.05, 3.63) is 30.1 Å². The van der Waals surface area contributed by atoms with E-state index in [4.69, 9.17) is 11.6 Å². The molecule has 0 aliphatic heterocycles. The van der Waals surface area contributed by atoms with E-state index in [0.717, 1.165) is 0 Å². The van der Waals surface area contributed by atoms with Crippen molar-refractivity contribution < 1.29 is 4.79 Å². The van der Waals surface area contributed by atoms with Gasteiger partial charge in [-0.05, 0) is 6.08 Å². The van der Waals surface area contributed by atoms with Crippen molar-refractivity contribution in [1.29, 1.82) is 0 Å². The van der Waals surface area contributed by atoms with Gasteiger partial charge in [0.15, 0.2) is 5.15 Å². The Kier molecular flexibility index (Phi) is 4.66. The van der Waals surface area contributed by atoms with Crippen molar-refractivity contribution in [2.45, 2.75) is 6.92 Å². The normalized spacial score (nSPS) is 11.8. The van der Waals surface area contributed by atoms with E-state index in [1.54, 1.807) is 31.6 Å². The van der Waals surface area contributed by atoms with Crippen LogP contribution in [-0.2, 0) is 4.79 Å². The van der Waals surface area contributed by atoms with E-state index in [9.17, 15) is 4.79 Å². The Morgan fingerprint density at radius 3 is 2.94 bits per heavy atom. The summed E-state index contributed by atoms with van der Waals surface area (Å²) in [5.74, 6) is -0.204. The third kappa shape index (κ3) is 3.57. The van der Waals surface area contributed by atoms with E-state index in [2.05, 4.69) is 22.0 Å². The van der Waals surface area contributed by atoms with E-state index in [-0.39, 0.29) is 11.1 Å². The molecule has 1 rings (SSSR count). The van der Waals surface area contributed by atoms with Crippen LogP contribution in [-0.4, -0.2) is 28.9 Å². The van der Waals surface area contributed by atoms with E-state index in [0.29, 0.717) is 11.4 Å². The van der Waals surface area contributed by atoms with Gasteiger partial charge in [-0.25, -0.2) is 4.68 Å². The minimum atomic E-state index is -0.204. The summed E-state index contributed by atoms with van der Waals surface area (Å²) in [5, 5.41) is 6.86. The Morgan fingerprint density at radius 1 is 1.71 bits per heavy atom. The average Bonchev–Trinajstić information content (AvgIpc) is 2.59. The third-order valence-corrected chi connectivity index (χ3v) is 2.07. The van der Waals surface area contributed by atoms with Crippen LogP contribution in [0.3, 0.4) is 0 Å². The number of amides is 1. The summed E-state index contributed by atoms with van der Waals surface area (Å²) >= 11 is 5.89. The lowest BCUT2D eigenvalue weighted by Gasteiger charge is -1.99. The highest BCUT2D eigenvalue weighted by molar-refractivity contribution is 6.32. The Hall–Kier alpha value is -1.88. The molecule has 5 nitrogen and oxygen atoms in total. The zero-order valence-electron chi connectivity index (χ0n) is 9.64. The van der Waals surface area contributed by atoms with Crippen LogP contribution < -0.4 is 5.32 Å². The summed E-state index contributed by atoms with van der Waals surface area (Å²) in [6.07, 6.45) is 6.57. The number of hydrogen-bond donors (Lipinski definition) is 1. The Bertz CT molecular complexity index is 488. The van der Waals surface area contributed by atoms with Gasteiger partial charge in [-0.1, -0.05) is 24.3 Å². The van der Waals surface area contributed by atoms with Crippen LogP contribution >= 0.6 is 11.6 Å². The second kappa shape index (κ2) is 6.00. The van der Waals surface area contributed by atoms with Gasteiger partial charge in [0.1, 0.15) is 0 Å². The number of carbonyl (C=O) groups is 1. The minimum absolute atomic E-state index is 0.204. The van der Waals surface area contributed by atoms with Crippen LogP contribution in [0.25, 0.3) is 5.70 Å². The molecule has 6 heteroatoms. The first-order chi connectivity index (χ1) is 8.08. The first-order valence-electron chi connectivity index (χ1n) is 4.86. The van der Waals surface area contributed by atoms with Gasteiger partial charge < -0.3 is 5.32 Å². The number of nitrogens with one attached hydrogen (secondary N) is 1. The largest absolute Gasteiger partial charge is 0.322 e. The summed E-state index contributed by atoms with van der Waals surface area (Å²) < 4.78 is 1.52. The number of nitrogens with zero attached hydrogens (tertiary/aromatic N) is 3. The van der Waals surface area contributed by atoms with Gasteiger partial charge in [0.2, 0.25) is 5.91 Å². The lowest BCUT2D eigenvalue weighted by atomic mass is 10.4. The fraction of sp³-hybridized carbons (Fsp3) is 0.182. The maximum absolute atomic E-state index is 10.9. The van der Waals surface area contributed by atoms with E-state index < -0.39 is 0 Å². The molecule has 1 N–H and O–H groups in total. The monoisotopic (exact) mass is 252 g/mol. The van der Waals surface area contributed by atoms with Gasteiger partial charge in [0, 0.05) is 20.2 Å². The van der Waals surface area contributed by atoms with Gasteiger partial charge in [0.05, 0.1) is 17.6 Å². The van der Waals surface area contributed by atoms with Gasteiger partial charge >= 0.3 is 0 Å². The van der Waals surface area contributed by atoms with Crippen LogP contribution in [0.5, 0.6) is 0 Å². The van der Waals surface area contributed by atoms with Gasteiger partial charge in [-0.3, -0.25) is 9.79 Å². The fourth-order valence-corrected chi connectivity index (χ4v) is 1.37. The van der Waals surface area contributed by atoms with Crippen LogP contribution in [0.15, 0.2) is 29.9 Å². The summed E-state index contributed by atoms with van der Waals surface area (Å²) in [5.41, 5.74) is 1.15. The van der Waals surface area contributed by atoms with Crippen molar-refractivity contribution in [3.63, 3.8) is 0 Å². The van der Waals surface area contributed by atoms with Crippen molar-refractivity contribution in [2.75, 3.05) is 12.4 Å². The molecular weight excluding hydrogens is 240 g/mol. The summed E-state index contributed by atoms with van der Waals surface area (Å²) in [6, 6.07) is 0. The molecule has 0 saturated heterocycles. The number of hydrogen-bond acceptors (Lipinski definition) is 3. The Labute approximate surface area is 104 Å². The topological polar surface area (TPSA) is 59.3 Å². The Morgan fingerprint density at radius 2 is 2.41 bits per heavy atom. The highest BCUT2D eigenvalue weighted by atomic mass is 35.5. The molecule has 0 spiro atoms. The molecule has 1 aromatic rings. The molecule has 0 fully saturated rings. The lowest BCUT2D eigenvalue weighted by molar-refractivity contribution is -0.114. The number of allylic oxidation sites excluding steroid dienone is 3. The van der Waals surface area contributed by atoms with E-state index >= 15 is 0 Å². The van der Waals surface area contributed by atoms with Crippen LogP contribution in [0, 0.1) is 0 Å². The number of halogens is 1. The molecular formula is C11H13ClN4O. The molecule has 1 amide bonds. The summed E-state index contributed by atoms with van der Waals surface area (Å²) in [7, 11) is 1.65. The second-order valence-electron chi connectivity index (χ2n) is 3.17. The molecule has 0 aromatic carbocycles. The number of aromatic nitrogens is 2. The smallest absolute Gasteiger partial charge is 0.221 e. The molecule has 0 aliphatic rings. The predicted octanol–water partition coefficient (Wildman–Crippen LogP) is 2.22. The van der Waals surface area contributed by atoms with Crippen molar-refractivity contribution in [2.24, 2.45) is 4.99 Å². The van der Waals surface area contributed by atoms with Crippen LogP contribution in [0.2, 0.25) is 5.15 Å². The third-order valence-electron chi connectivity index (χ3n) is 1.79. The molecule has 0 aliphatic carbocycles. The maximum atomic E-state index is 10.9. The maximum Gasteiger partial charge on any atom is 0.221 e. The first-order valence-corrected chi connectivity index (χ1v) is 5.24. The summed E-state index contributed by atoms with van der Waals surface area (Å²) in [6.45, 7) is 5.01. The molecule has 1 heterocycles. The molecule has 0 radical (unpaired) electrons. The van der Waals surface area contributed by atoms with Crippen molar-refractivity contribution in [1.82, 2.24) is 9.78 Å². The zero-order valence-corrected chi connectivity index (χ0v) is 10.4. The van der Waals surface area contributed by atoms with Crippen LogP contribution in [0.4, 0.5) is 5.69 Å². The van der Waals surface area contributed by atoms with Crippen LogP contribution in [0.1, 0.15) is 6.92 Å². The highest BCUT2D eigenvalue weighted by Crippen LogP contribution is 2.21. The van der Waals surface area contributed by atoms with Crippen molar-refractivity contribution >= 4 is 35.1 Å². The SMILES string of the molecule is C=C/C=C(\C=N/C)n1cc(NC(C)=O)c(Cl)n1. The highest BCUT2D eigenvalue weighted by Gasteiger charge is 2.09. The number of aliphatic imine (C=N–C) groups is 1. The minimum Gasteiger partial charge on any atom is -0.322 e. The van der Waals surface area contributed by atoms with Crippen molar-refractivity contribution in [3.8, 4) is 0 Å². The first kappa shape index (κ1) is 13.2. The molecule has 0 atom stereocenters. The standard InChI is InChI=1S/C11H13ClN4O/c1-4-5-9(6-13-3)16-7-10(11(12)15-16)14-8(2)17/h4-7H,1H2,2-3H3,(H,14,17)/b9-5+,13-6-.